The molecule has 1 atom stereocenters. The van der Waals surface area contributed by atoms with Gasteiger partial charge in [-0.3, -0.25) is 14.6 Å². The molecule has 2 heterocycles. The van der Waals surface area contributed by atoms with Crippen LogP contribution in [0.15, 0.2) is 54.4 Å². The smallest absolute Gasteiger partial charge is 0.295 e. The van der Waals surface area contributed by atoms with Crippen LogP contribution in [0.1, 0.15) is 30.5 Å². The van der Waals surface area contributed by atoms with Gasteiger partial charge in [-0.1, -0.05) is 19.1 Å². The second-order valence-corrected chi connectivity index (χ2v) is 6.71. The van der Waals surface area contributed by atoms with Crippen LogP contribution in [0.5, 0.6) is 0 Å². The Bertz CT molecular complexity index is 873. The van der Waals surface area contributed by atoms with Crippen molar-refractivity contribution in [1.29, 1.82) is 0 Å². The molecule has 6 heteroatoms. The molecular weight excluding hydrogens is 342 g/mol. The number of ketones is 1. The van der Waals surface area contributed by atoms with Crippen LogP contribution >= 0.6 is 0 Å². The van der Waals surface area contributed by atoms with Crippen LogP contribution in [0.2, 0.25) is 0 Å². The Balaban J connectivity index is 2.14. The third-order valence-corrected chi connectivity index (χ3v) is 4.68. The Kier molecular flexibility index (Phi) is 5.26. The molecule has 27 heavy (non-hydrogen) atoms. The lowest BCUT2D eigenvalue weighted by atomic mass is 9.95. The number of carbonyl (C=O) groups is 2. The van der Waals surface area contributed by atoms with E-state index in [4.69, 9.17) is 0 Å². The van der Waals surface area contributed by atoms with E-state index in [1.807, 2.05) is 50.2 Å². The minimum Gasteiger partial charge on any atom is -0.507 e. The summed E-state index contributed by atoms with van der Waals surface area (Å²) < 4.78 is 0. The Morgan fingerprint density at radius 2 is 1.74 bits per heavy atom. The molecule has 2 aromatic rings. The number of aliphatic hydroxyl groups is 1. The number of amides is 1. The molecule has 1 aliphatic heterocycles. The van der Waals surface area contributed by atoms with Gasteiger partial charge in [-0.05, 0) is 36.2 Å². The average Bonchev–Trinajstić information content (AvgIpc) is 2.93. The Morgan fingerprint density at radius 1 is 1.11 bits per heavy atom. The van der Waals surface area contributed by atoms with E-state index in [9.17, 15) is 14.7 Å². The van der Waals surface area contributed by atoms with Crippen molar-refractivity contribution in [2.24, 2.45) is 0 Å². The third kappa shape index (κ3) is 3.43. The van der Waals surface area contributed by atoms with Crippen LogP contribution in [0.25, 0.3) is 5.76 Å². The van der Waals surface area contributed by atoms with Crippen molar-refractivity contribution in [2.75, 3.05) is 25.5 Å². The second-order valence-electron chi connectivity index (χ2n) is 6.71. The van der Waals surface area contributed by atoms with Gasteiger partial charge in [-0.25, -0.2) is 0 Å². The number of Topliss-reactive ketones (excluding diaryl/α,β-unsaturated/α-hetero) is 1. The van der Waals surface area contributed by atoms with Gasteiger partial charge in [-0.2, -0.15) is 0 Å². The number of likely N-dealkylation sites (tertiary alicyclic amines) is 1. The van der Waals surface area contributed by atoms with Crippen molar-refractivity contribution in [3.63, 3.8) is 0 Å². The molecule has 140 valence electrons. The maximum Gasteiger partial charge on any atom is 0.295 e. The van der Waals surface area contributed by atoms with E-state index in [1.54, 1.807) is 17.0 Å². The van der Waals surface area contributed by atoms with Crippen molar-refractivity contribution in [3.05, 3.63) is 65.5 Å². The molecular formula is C21H23N3O3. The van der Waals surface area contributed by atoms with E-state index in [1.165, 1.54) is 12.4 Å². The van der Waals surface area contributed by atoms with Crippen molar-refractivity contribution in [2.45, 2.75) is 19.4 Å². The molecule has 0 bridgehead atoms. The highest BCUT2D eigenvalue weighted by atomic mass is 16.3. The summed E-state index contributed by atoms with van der Waals surface area (Å²) in [6.07, 6.45) is 3.80. The lowest BCUT2D eigenvalue weighted by Gasteiger charge is -2.25. The minimum absolute atomic E-state index is 0.122. The molecule has 0 spiro atoms. The van der Waals surface area contributed by atoms with Gasteiger partial charge < -0.3 is 14.9 Å². The summed E-state index contributed by atoms with van der Waals surface area (Å²) in [5, 5.41) is 10.8. The van der Waals surface area contributed by atoms with E-state index < -0.39 is 17.7 Å². The normalized spacial score (nSPS) is 18.8. The number of carbonyl (C=O) groups excluding carboxylic acids is 2. The van der Waals surface area contributed by atoms with Gasteiger partial charge in [0.25, 0.3) is 11.7 Å². The quantitative estimate of drug-likeness (QED) is 0.501. The van der Waals surface area contributed by atoms with Crippen LogP contribution in [0.3, 0.4) is 0 Å². The molecule has 0 saturated carbocycles. The maximum absolute atomic E-state index is 12.7. The molecule has 1 aromatic heterocycles. The first kappa shape index (κ1) is 18.6. The van der Waals surface area contributed by atoms with Crippen LogP contribution in [-0.4, -0.2) is 47.3 Å². The van der Waals surface area contributed by atoms with E-state index in [2.05, 4.69) is 4.98 Å². The number of benzene rings is 1. The molecule has 1 N–H and O–H groups in total. The number of aliphatic hydroxyl groups excluding tert-OH is 1. The molecule has 1 aliphatic rings. The van der Waals surface area contributed by atoms with E-state index in [0.717, 1.165) is 11.3 Å². The molecule has 0 aliphatic carbocycles. The summed E-state index contributed by atoms with van der Waals surface area (Å²) in [6.45, 7) is 2.40. The monoisotopic (exact) mass is 365 g/mol. The lowest BCUT2D eigenvalue weighted by Crippen LogP contribution is -2.30. The lowest BCUT2D eigenvalue weighted by molar-refractivity contribution is -0.139. The van der Waals surface area contributed by atoms with Crippen molar-refractivity contribution in [3.8, 4) is 0 Å². The summed E-state index contributed by atoms with van der Waals surface area (Å²) in [5.41, 5.74) is 2.40. The van der Waals surface area contributed by atoms with Gasteiger partial charge in [0.2, 0.25) is 0 Å². The van der Waals surface area contributed by atoms with Crippen LogP contribution < -0.4 is 4.90 Å². The number of hydrogen-bond donors (Lipinski definition) is 1. The number of rotatable bonds is 5. The number of hydrogen-bond acceptors (Lipinski definition) is 5. The first-order chi connectivity index (χ1) is 13.0. The van der Waals surface area contributed by atoms with Crippen molar-refractivity contribution >= 4 is 23.1 Å². The number of nitrogens with zero attached hydrogens (tertiary/aromatic N) is 3. The summed E-state index contributed by atoms with van der Waals surface area (Å²) >= 11 is 0. The van der Waals surface area contributed by atoms with E-state index >= 15 is 0 Å². The van der Waals surface area contributed by atoms with Crippen LogP contribution in [0.4, 0.5) is 5.69 Å². The molecule has 6 nitrogen and oxygen atoms in total. The van der Waals surface area contributed by atoms with Gasteiger partial charge in [0, 0.05) is 44.3 Å². The number of aromatic nitrogens is 1. The predicted molar refractivity (Wildman–Crippen MR) is 104 cm³/mol. The summed E-state index contributed by atoms with van der Waals surface area (Å²) in [4.78, 5) is 32.8. The van der Waals surface area contributed by atoms with Gasteiger partial charge in [-0.15, -0.1) is 0 Å². The fraction of sp³-hybridized carbons (Fsp3) is 0.286. The molecule has 1 fully saturated rings. The fourth-order valence-corrected chi connectivity index (χ4v) is 3.32. The zero-order chi connectivity index (χ0) is 19.6. The van der Waals surface area contributed by atoms with Crippen molar-refractivity contribution in [1.82, 2.24) is 9.88 Å². The molecule has 1 unspecified atom stereocenters. The highest BCUT2D eigenvalue weighted by Gasteiger charge is 2.45. The zero-order valence-electron chi connectivity index (χ0n) is 15.7. The first-order valence-corrected chi connectivity index (χ1v) is 8.91. The molecule has 0 radical (unpaired) electrons. The highest BCUT2D eigenvalue weighted by Crippen LogP contribution is 2.39. The number of pyridine rings is 1. The second kappa shape index (κ2) is 7.61. The Labute approximate surface area is 158 Å². The summed E-state index contributed by atoms with van der Waals surface area (Å²) in [7, 11) is 3.89. The van der Waals surface area contributed by atoms with Crippen LogP contribution in [0, 0.1) is 0 Å². The SMILES string of the molecule is CCCN1C(=O)C(=O)/C(=C(\O)c2ccncc2)C1c1ccc(N(C)C)cc1. The van der Waals surface area contributed by atoms with E-state index in [0.29, 0.717) is 18.5 Å². The first-order valence-electron chi connectivity index (χ1n) is 8.91. The molecule has 1 saturated heterocycles. The molecule has 3 rings (SSSR count). The molecule has 1 aromatic carbocycles. The summed E-state index contributed by atoms with van der Waals surface area (Å²) in [6, 6.07) is 10.3. The molecule has 1 amide bonds. The topological polar surface area (TPSA) is 73.7 Å². The number of anilines is 1. The van der Waals surface area contributed by atoms with Crippen LogP contribution in [-0.2, 0) is 9.59 Å². The maximum atomic E-state index is 12.7. The Morgan fingerprint density at radius 3 is 2.30 bits per heavy atom. The van der Waals surface area contributed by atoms with Gasteiger partial charge >= 0.3 is 0 Å². The fourth-order valence-electron chi connectivity index (χ4n) is 3.32. The Hall–Kier alpha value is -3.15. The highest BCUT2D eigenvalue weighted by molar-refractivity contribution is 6.46. The standard InChI is InChI=1S/C21H23N3O3/c1-4-13-24-18(14-5-7-16(8-6-14)23(2)3)17(20(26)21(24)27)19(25)15-9-11-22-12-10-15/h5-12,18,25H,4,13H2,1-3H3/b19-17-. The van der Waals surface area contributed by atoms with Gasteiger partial charge in [0.15, 0.2) is 0 Å². The minimum atomic E-state index is -0.653. The van der Waals surface area contributed by atoms with Gasteiger partial charge in [0.1, 0.15) is 5.76 Å². The van der Waals surface area contributed by atoms with E-state index in [-0.39, 0.29) is 11.3 Å². The third-order valence-electron chi connectivity index (χ3n) is 4.68. The summed E-state index contributed by atoms with van der Waals surface area (Å²) in [5.74, 6) is -1.40. The van der Waals surface area contributed by atoms with Gasteiger partial charge in [0.05, 0.1) is 11.6 Å². The predicted octanol–water partition coefficient (Wildman–Crippen LogP) is 2.98. The zero-order valence-corrected chi connectivity index (χ0v) is 15.7. The largest absolute Gasteiger partial charge is 0.507 e. The van der Waals surface area contributed by atoms with Crippen molar-refractivity contribution < 1.29 is 14.7 Å². The average molecular weight is 365 g/mol.